The molecule has 0 spiro atoms. The molecule has 1 aromatic rings. The van der Waals surface area contributed by atoms with E-state index in [2.05, 4.69) is 0 Å². The van der Waals surface area contributed by atoms with Crippen LogP contribution in [0, 0.1) is 17.0 Å². The number of carboxylic acid groups (broad SMARTS) is 1. The van der Waals surface area contributed by atoms with Gasteiger partial charge in [0.1, 0.15) is 11.6 Å². The standard InChI is InChI=1S/C13H14N2O5/c1-8-4-5-10(15(19)20)9(7-8)12(16)14-6-2-3-11(14)13(17)18/h4-5,7,11H,2-3,6H2,1H3,(H,17,18). The van der Waals surface area contributed by atoms with Gasteiger partial charge in [-0.2, -0.15) is 0 Å². The van der Waals surface area contributed by atoms with Crippen LogP contribution in [0.15, 0.2) is 18.2 Å². The molecular formula is C13H14N2O5. The van der Waals surface area contributed by atoms with Crippen molar-refractivity contribution in [1.82, 2.24) is 4.90 Å². The van der Waals surface area contributed by atoms with Crippen molar-refractivity contribution in [3.63, 3.8) is 0 Å². The number of nitro benzene ring substituents is 1. The topological polar surface area (TPSA) is 101 Å². The first-order valence-electron chi connectivity index (χ1n) is 6.20. The molecule has 106 valence electrons. The Morgan fingerprint density at radius 2 is 2.15 bits per heavy atom. The number of nitrogens with zero attached hydrogens (tertiary/aromatic N) is 2. The molecule has 1 aliphatic rings. The molecule has 2 rings (SSSR count). The number of nitro groups is 1. The Balaban J connectivity index is 2.40. The maximum atomic E-state index is 12.4. The predicted molar refractivity (Wildman–Crippen MR) is 69.5 cm³/mol. The SMILES string of the molecule is Cc1ccc([N+](=O)[O-])c(C(=O)N2CCCC2C(=O)O)c1. The fourth-order valence-corrected chi connectivity index (χ4v) is 2.40. The van der Waals surface area contributed by atoms with Crippen molar-refractivity contribution in [3.8, 4) is 0 Å². The average molecular weight is 278 g/mol. The molecule has 20 heavy (non-hydrogen) atoms. The van der Waals surface area contributed by atoms with Crippen molar-refractivity contribution < 1.29 is 19.6 Å². The lowest BCUT2D eigenvalue weighted by Gasteiger charge is -2.21. The molecule has 0 bridgehead atoms. The second-order valence-corrected chi connectivity index (χ2v) is 4.77. The van der Waals surface area contributed by atoms with Gasteiger partial charge in [0.25, 0.3) is 11.6 Å². The van der Waals surface area contributed by atoms with Crippen LogP contribution in [0.5, 0.6) is 0 Å². The molecule has 0 radical (unpaired) electrons. The zero-order valence-electron chi connectivity index (χ0n) is 10.9. The number of benzene rings is 1. The summed E-state index contributed by atoms with van der Waals surface area (Å²) in [6.07, 6.45) is 0.961. The first kappa shape index (κ1) is 14.0. The van der Waals surface area contributed by atoms with Gasteiger partial charge < -0.3 is 10.0 Å². The number of carbonyl (C=O) groups excluding carboxylic acids is 1. The zero-order valence-corrected chi connectivity index (χ0v) is 10.9. The van der Waals surface area contributed by atoms with E-state index in [0.717, 1.165) is 0 Å². The Kier molecular flexibility index (Phi) is 3.69. The number of carboxylic acids is 1. The van der Waals surface area contributed by atoms with E-state index >= 15 is 0 Å². The minimum atomic E-state index is -1.08. The van der Waals surface area contributed by atoms with Crippen molar-refractivity contribution in [3.05, 3.63) is 39.4 Å². The van der Waals surface area contributed by atoms with Gasteiger partial charge >= 0.3 is 5.97 Å². The van der Waals surface area contributed by atoms with Crippen LogP contribution in [0.1, 0.15) is 28.8 Å². The van der Waals surface area contributed by atoms with E-state index in [0.29, 0.717) is 24.9 Å². The molecule has 0 saturated carbocycles. The lowest BCUT2D eigenvalue weighted by Crippen LogP contribution is -2.40. The monoisotopic (exact) mass is 278 g/mol. The van der Waals surface area contributed by atoms with Crippen molar-refractivity contribution in [2.75, 3.05) is 6.54 Å². The molecule has 7 heteroatoms. The van der Waals surface area contributed by atoms with Gasteiger partial charge in [-0.3, -0.25) is 14.9 Å². The van der Waals surface area contributed by atoms with Crippen LogP contribution < -0.4 is 0 Å². The molecule has 1 fully saturated rings. The predicted octanol–water partition coefficient (Wildman–Crippen LogP) is 1.59. The third-order valence-electron chi connectivity index (χ3n) is 3.38. The van der Waals surface area contributed by atoms with E-state index in [4.69, 9.17) is 5.11 Å². The highest BCUT2D eigenvalue weighted by molar-refractivity contribution is 6.00. The van der Waals surface area contributed by atoms with Crippen molar-refractivity contribution in [2.45, 2.75) is 25.8 Å². The normalized spacial score (nSPS) is 18.1. The Hall–Kier alpha value is -2.44. The maximum Gasteiger partial charge on any atom is 0.326 e. The molecule has 1 N–H and O–H groups in total. The molecular weight excluding hydrogens is 264 g/mol. The Bertz CT molecular complexity index is 584. The zero-order chi connectivity index (χ0) is 14.9. The van der Waals surface area contributed by atoms with Crippen LogP contribution in [0.3, 0.4) is 0 Å². The van der Waals surface area contributed by atoms with Gasteiger partial charge in [0.05, 0.1) is 4.92 Å². The highest BCUT2D eigenvalue weighted by atomic mass is 16.6. The third kappa shape index (κ3) is 2.47. The van der Waals surface area contributed by atoms with Gasteiger partial charge in [-0.05, 0) is 31.4 Å². The molecule has 1 aliphatic heterocycles. The largest absolute Gasteiger partial charge is 0.480 e. The summed E-state index contributed by atoms with van der Waals surface area (Å²) in [5.41, 5.74) is 0.366. The number of hydrogen-bond acceptors (Lipinski definition) is 4. The summed E-state index contributed by atoms with van der Waals surface area (Å²) < 4.78 is 0. The Morgan fingerprint density at radius 3 is 2.75 bits per heavy atom. The summed E-state index contributed by atoms with van der Waals surface area (Å²) in [6.45, 7) is 2.03. The molecule has 1 aromatic carbocycles. The third-order valence-corrected chi connectivity index (χ3v) is 3.38. The van der Waals surface area contributed by atoms with Gasteiger partial charge in [0.15, 0.2) is 0 Å². The van der Waals surface area contributed by atoms with Gasteiger partial charge in [-0.15, -0.1) is 0 Å². The number of rotatable bonds is 3. The van der Waals surface area contributed by atoms with Gasteiger partial charge in [0.2, 0.25) is 0 Å². The van der Waals surface area contributed by atoms with Crippen LogP contribution in [-0.4, -0.2) is 39.4 Å². The second kappa shape index (κ2) is 5.28. The molecule has 1 unspecified atom stereocenters. The minimum Gasteiger partial charge on any atom is -0.480 e. The van der Waals surface area contributed by atoms with Gasteiger partial charge in [-0.25, -0.2) is 4.79 Å². The minimum absolute atomic E-state index is 0.0526. The number of aryl methyl sites for hydroxylation is 1. The number of amides is 1. The van der Waals surface area contributed by atoms with Crippen LogP contribution in [-0.2, 0) is 4.79 Å². The van der Waals surface area contributed by atoms with Crippen LogP contribution in [0.4, 0.5) is 5.69 Å². The lowest BCUT2D eigenvalue weighted by atomic mass is 10.1. The summed E-state index contributed by atoms with van der Waals surface area (Å²) in [5.74, 6) is -1.67. The highest BCUT2D eigenvalue weighted by Crippen LogP contribution is 2.26. The summed E-state index contributed by atoms with van der Waals surface area (Å²) >= 11 is 0. The molecule has 7 nitrogen and oxygen atoms in total. The summed E-state index contributed by atoms with van der Waals surface area (Å²) in [7, 11) is 0. The molecule has 0 aromatic heterocycles. The van der Waals surface area contributed by atoms with Crippen molar-refractivity contribution in [2.24, 2.45) is 0 Å². The molecule has 1 amide bonds. The van der Waals surface area contributed by atoms with Crippen LogP contribution >= 0.6 is 0 Å². The maximum absolute atomic E-state index is 12.4. The van der Waals surface area contributed by atoms with Gasteiger partial charge in [-0.1, -0.05) is 6.07 Å². The average Bonchev–Trinajstić information content (AvgIpc) is 2.86. The number of aliphatic carboxylic acids is 1. The lowest BCUT2D eigenvalue weighted by molar-refractivity contribution is -0.385. The first-order chi connectivity index (χ1) is 9.41. The molecule has 1 saturated heterocycles. The Morgan fingerprint density at radius 1 is 1.45 bits per heavy atom. The van der Waals surface area contributed by atoms with Crippen LogP contribution in [0.25, 0.3) is 0 Å². The van der Waals surface area contributed by atoms with E-state index in [1.807, 2.05) is 0 Å². The van der Waals surface area contributed by atoms with E-state index in [-0.39, 0.29) is 11.3 Å². The van der Waals surface area contributed by atoms with E-state index in [9.17, 15) is 19.7 Å². The number of likely N-dealkylation sites (tertiary alicyclic amines) is 1. The molecule has 1 heterocycles. The second-order valence-electron chi connectivity index (χ2n) is 4.77. The molecule has 1 atom stereocenters. The fourth-order valence-electron chi connectivity index (χ4n) is 2.40. The van der Waals surface area contributed by atoms with Gasteiger partial charge in [0, 0.05) is 12.6 Å². The quantitative estimate of drug-likeness (QED) is 0.668. The molecule has 0 aliphatic carbocycles. The van der Waals surface area contributed by atoms with Crippen LogP contribution in [0.2, 0.25) is 0 Å². The van der Waals surface area contributed by atoms with E-state index in [1.165, 1.54) is 17.0 Å². The number of hydrogen-bond donors (Lipinski definition) is 1. The Labute approximate surface area is 115 Å². The van der Waals surface area contributed by atoms with Crippen molar-refractivity contribution in [1.29, 1.82) is 0 Å². The number of carbonyl (C=O) groups is 2. The smallest absolute Gasteiger partial charge is 0.326 e. The summed E-state index contributed by atoms with van der Waals surface area (Å²) in [6, 6.07) is 3.35. The van der Waals surface area contributed by atoms with Crippen molar-refractivity contribution >= 4 is 17.6 Å². The fraction of sp³-hybridized carbons (Fsp3) is 0.385. The summed E-state index contributed by atoms with van der Waals surface area (Å²) in [4.78, 5) is 35.1. The summed E-state index contributed by atoms with van der Waals surface area (Å²) in [5, 5.41) is 20.1. The highest BCUT2D eigenvalue weighted by Gasteiger charge is 2.36. The first-order valence-corrected chi connectivity index (χ1v) is 6.20. The van der Waals surface area contributed by atoms with E-state index in [1.54, 1.807) is 13.0 Å². The van der Waals surface area contributed by atoms with E-state index < -0.39 is 22.8 Å².